The monoisotopic (exact) mass is 460 g/mol. The van der Waals surface area contributed by atoms with Gasteiger partial charge in [-0.3, -0.25) is 14.3 Å². The van der Waals surface area contributed by atoms with E-state index < -0.39 is 0 Å². The molecule has 3 aromatic rings. The van der Waals surface area contributed by atoms with E-state index in [9.17, 15) is 9.59 Å². The molecule has 2 heterocycles. The number of aromatic nitrogens is 2. The number of aryl methyl sites for hydroxylation is 3. The molecule has 2 aromatic carbocycles. The first-order chi connectivity index (χ1) is 16.4. The molecule has 0 radical (unpaired) electrons. The number of hydrogen-bond acceptors (Lipinski definition) is 4. The first-order valence-electron chi connectivity index (χ1n) is 11.7. The van der Waals surface area contributed by atoms with Gasteiger partial charge in [0.2, 0.25) is 5.91 Å². The lowest BCUT2D eigenvalue weighted by atomic mass is 10.1. The van der Waals surface area contributed by atoms with E-state index in [1.165, 1.54) is 0 Å². The van der Waals surface area contributed by atoms with Gasteiger partial charge < -0.3 is 14.5 Å². The van der Waals surface area contributed by atoms with Crippen LogP contribution in [-0.2, 0) is 17.8 Å². The molecule has 1 aliphatic rings. The largest absolute Gasteiger partial charge is 0.497 e. The van der Waals surface area contributed by atoms with E-state index in [4.69, 9.17) is 4.74 Å². The summed E-state index contributed by atoms with van der Waals surface area (Å²) in [5.41, 5.74) is 4.93. The van der Waals surface area contributed by atoms with Crippen molar-refractivity contribution in [3.63, 3.8) is 0 Å². The van der Waals surface area contributed by atoms with Crippen molar-refractivity contribution >= 4 is 11.8 Å². The van der Waals surface area contributed by atoms with Crippen LogP contribution in [0.15, 0.2) is 54.6 Å². The smallest absolute Gasteiger partial charge is 0.253 e. The number of piperazine rings is 1. The lowest BCUT2D eigenvalue weighted by Crippen LogP contribution is -2.50. The van der Waals surface area contributed by atoms with Crippen LogP contribution >= 0.6 is 0 Å². The van der Waals surface area contributed by atoms with E-state index in [1.54, 1.807) is 7.11 Å². The molecule has 0 aliphatic carbocycles. The molecule has 1 aromatic heterocycles. The summed E-state index contributed by atoms with van der Waals surface area (Å²) in [5.74, 6) is 0.961. The summed E-state index contributed by atoms with van der Waals surface area (Å²) in [5, 5.41) is 4.52. The van der Waals surface area contributed by atoms with Gasteiger partial charge in [-0.05, 0) is 61.7 Å². The molecule has 0 saturated carbocycles. The number of hydrogen-bond donors (Lipinski definition) is 0. The average molecular weight is 461 g/mol. The number of carbonyl (C=O) groups is 2. The van der Waals surface area contributed by atoms with Crippen molar-refractivity contribution in [2.45, 2.75) is 33.2 Å². The molecule has 1 saturated heterocycles. The molecule has 34 heavy (non-hydrogen) atoms. The Bertz CT molecular complexity index is 1140. The van der Waals surface area contributed by atoms with Crippen molar-refractivity contribution in [1.82, 2.24) is 19.6 Å². The SMILES string of the molecule is COc1ccc(CCC(=O)N2CCN(C(=O)c3cccc(Cn4nc(C)cc4C)c3)CC2)cc1. The molecule has 4 rings (SSSR count). The fourth-order valence-electron chi connectivity index (χ4n) is 4.35. The number of carbonyl (C=O) groups excluding carboxylic acids is 2. The van der Waals surface area contributed by atoms with Crippen molar-refractivity contribution in [2.75, 3.05) is 33.3 Å². The zero-order valence-electron chi connectivity index (χ0n) is 20.2. The summed E-state index contributed by atoms with van der Waals surface area (Å²) in [7, 11) is 1.64. The van der Waals surface area contributed by atoms with Gasteiger partial charge in [-0.2, -0.15) is 5.10 Å². The van der Waals surface area contributed by atoms with Crippen molar-refractivity contribution in [2.24, 2.45) is 0 Å². The minimum absolute atomic E-state index is 0.0144. The van der Waals surface area contributed by atoms with Gasteiger partial charge in [0.15, 0.2) is 0 Å². The zero-order chi connectivity index (χ0) is 24.1. The number of rotatable bonds is 7. The molecular formula is C27H32N4O3. The van der Waals surface area contributed by atoms with E-state index in [0.29, 0.717) is 51.1 Å². The van der Waals surface area contributed by atoms with Gasteiger partial charge in [-0.25, -0.2) is 0 Å². The van der Waals surface area contributed by atoms with E-state index in [2.05, 4.69) is 5.10 Å². The Balaban J connectivity index is 1.29. The summed E-state index contributed by atoms with van der Waals surface area (Å²) in [4.78, 5) is 29.5. The summed E-state index contributed by atoms with van der Waals surface area (Å²) >= 11 is 0. The number of amides is 2. The summed E-state index contributed by atoms with van der Waals surface area (Å²) in [6.07, 6.45) is 1.17. The minimum Gasteiger partial charge on any atom is -0.497 e. The van der Waals surface area contributed by atoms with Crippen LogP contribution in [0.3, 0.4) is 0 Å². The average Bonchev–Trinajstić information content (AvgIpc) is 3.18. The van der Waals surface area contributed by atoms with Crippen molar-refractivity contribution in [1.29, 1.82) is 0 Å². The summed E-state index contributed by atoms with van der Waals surface area (Å²) < 4.78 is 7.13. The molecular weight excluding hydrogens is 428 g/mol. The van der Waals surface area contributed by atoms with Crippen molar-refractivity contribution in [3.8, 4) is 5.75 Å². The zero-order valence-corrected chi connectivity index (χ0v) is 20.2. The Labute approximate surface area is 200 Å². The third-order valence-corrected chi connectivity index (χ3v) is 6.32. The second-order valence-electron chi connectivity index (χ2n) is 8.81. The van der Waals surface area contributed by atoms with Crippen LogP contribution in [0.5, 0.6) is 5.75 Å². The lowest BCUT2D eigenvalue weighted by molar-refractivity contribution is -0.132. The van der Waals surface area contributed by atoms with Gasteiger partial charge in [-0.15, -0.1) is 0 Å². The highest BCUT2D eigenvalue weighted by atomic mass is 16.5. The minimum atomic E-state index is 0.0144. The summed E-state index contributed by atoms with van der Waals surface area (Å²) in [6.45, 7) is 6.89. The Kier molecular flexibility index (Phi) is 7.30. The molecule has 178 valence electrons. The predicted octanol–water partition coefficient (Wildman–Crippen LogP) is 3.47. The maximum absolute atomic E-state index is 13.1. The standard InChI is InChI=1S/C27H32N4O3/c1-20-17-21(2)31(28-20)19-23-5-4-6-24(18-23)27(33)30-15-13-29(14-16-30)26(32)12-9-22-7-10-25(34-3)11-8-22/h4-8,10-11,17-18H,9,12-16,19H2,1-3H3. The maximum Gasteiger partial charge on any atom is 0.253 e. The fraction of sp³-hybridized carbons (Fsp3) is 0.370. The molecule has 7 heteroatoms. The Hall–Kier alpha value is -3.61. The molecule has 0 unspecified atom stereocenters. The lowest BCUT2D eigenvalue weighted by Gasteiger charge is -2.35. The second kappa shape index (κ2) is 10.5. The van der Waals surface area contributed by atoms with Crippen LogP contribution < -0.4 is 4.74 Å². The number of methoxy groups -OCH3 is 1. The van der Waals surface area contributed by atoms with Gasteiger partial charge in [0.25, 0.3) is 5.91 Å². The topological polar surface area (TPSA) is 67.7 Å². The molecule has 0 N–H and O–H groups in total. The molecule has 0 atom stereocenters. The van der Waals surface area contributed by atoms with Crippen LogP contribution in [0, 0.1) is 13.8 Å². The molecule has 1 fully saturated rings. The van der Waals surface area contributed by atoms with Gasteiger partial charge in [0.1, 0.15) is 5.75 Å². The number of ether oxygens (including phenoxy) is 1. The van der Waals surface area contributed by atoms with Crippen LogP contribution in [0.2, 0.25) is 0 Å². The highest BCUT2D eigenvalue weighted by Crippen LogP contribution is 2.16. The first kappa shape index (κ1) is 23.5. The van der Waals surface area contributed by atoms with Gasteiger partial charge in [0, 0.05) is 43.9 Å². The Morgan fingerprint density at radius 2 is 1.62 bits per heavy atom. The van der Waals surface area contributed by atoms with Gasteiger partial charge >= 0.3 is 0 Å². The molecule has 0 bridgehead atoms. The van der Waals surface area contributed by atoms with Crippen LogP contribution in [-0.4, -0.2) is 64.7 Å². The third kappa shape index (κ3) is 5.65. The number of benzene rings is 2. The normalized spacial score (nSPS) is 13.7. The fourth-order valence-corrected chi connectivity index (χ4v) is 4.35. The van der Waals surface area contributed by atoms with E-state index in [1.807, 2.05) is 82.9 Å². The Morgan fingerprint density at radius 1 is 0.912 bits per heavy atom. The highest BCUT2D eigenvalue weighted by molar-refractivity contribution is 5.94. The second-order valence-corrected chi connectivity index (χ2v) is 8.81. The molecule has 0 spiro atoms. The highest BCUT2D eigenvalue weighted by Gasteiger charge is 2.24. The van der Waals surface area contributed by atoms with E-state index in [-0.39, 0.29) is 11.8 Å². The van der Waals surface area contributed by atoms with Crippen molar-refractivity contribution in [3.05, 3.63) is 82.7 Å². The predicted molar refractivity (Wildman–Crippen MR) is 131 cm³/mol. The molecule has 1 aliphatic heterocycles. The Morgan fingerprint density at radius 3 is 2.26 bits per heavy atom. The number of nitrogens with zero attached hydrogens (tertiary/aromatic N) is 4. The first-order valence-corrected chi connectivity index (χ1v) is 11.7. The van der Waals surface area contributed by atoms with E-state index in [0.717, 1.165) is 28.3 Å². The molecule has 2 amide bonds. The maximum atomic E-state index is 13.1. The van der Waals surface area contributed by atoms with Gasteiger partial charge in [0.05, 0.1) is 19.3 Å². The van der Waals surface area contributed by atoms with Crippen molar-refractivity contribution < 1.29 is 14.3 Å². The quantitative estimate of drug-likeness (QED) is 0.542. The third-order valence-electron chi connectivity index (χ3n) is 6.32. The van der Waals surface area contributed by atoms with E-state index >= 15 is 0 Å². The van der Waals surface area contributed by atoms with Crippen LogP contribution in [0.1, 0.15) is 39.3 Å². The molecule has 7 nitrogen and oxygen atoms in total. The van der Waals surface area contributed by atoms with Crippen LogP contribution in [0.4, 0.5) is 0 Å². The van der Waals surface area contributed by atoms with Crippen LogP contribution in [0.25, 0.3) is 0 Å². The van der Waals surface area contributed by atoms with Gasteiger partial charge in [-0.1, -0.05) is 24.3 Å². The summed E-state index contributed by atoms with van der Waals surface area (Å²) in [6, 6.07) is 17.6.